The molecule has 3 aromatic rings. The van der Waals surface area contributed by atoms with Gasteiger partial charge >= 0.3 is 5.97 Å². The summed E-state index contributed by atoms with van der Waals surface area (Å²) in [5, 5.41) is 0. The Morgan fingerprint density at radius 2 is 1.33 bits per heavy atom. The van der Waals surface area contributed by atoms with Crippen molar-refractivity contribution in [3.05, 3.63) is 101 Å². The molecule has 0 atom stereocenters. The highest BCUT2D eigenvalue weighted by molar-refractivity contribution is 5.87. The third-order valence-electron chi connectivity index (χ3n) is 6.38. The van der Waals surface area contributed by atoms with Crippen LogP contribution in [0.5, 0.6) is 5.75 Å². The van der Waals surface area contributed by atoms with Gasteiger partial charge in [-0.25, -0.2) is 9.18 Å². The molecule has 0 spiro atoms. The summed E-state index contributed by atoms with van der Waals surface area (Å²) in [5.41, 5.74) is 7.10. The maximum atomic E-state index is 15.3. The number of hydrogen-bond donors (Lipinski definition) is 0. The molecule has 3 nitrogen and oxygen atoms in total. The molecule has 0 aliphatic heterocycles. The Kier molecular flexibility index (Phi) is 8.87. The van der Waals surface area contributed by atoms with Gasteiger partial charge in [0.1, 0.15) is 23.1 Å². The monoisotopic (exact) mass is 486 g/mol. The summed E-state index contributed by atoms with van der Waals surface area (Å²) in [6.07, 6.45) is 2.64. The van der Waals surface area contributed by atoms with Gasteiger partial charge in [-0.3, -0.25) is 0 Å². The van der Waals surface area contributed by atoms with E-state index in [2.05, 4.69) is 38.6 Å². The lowest BCUT2D eigenvalue weighted by molar-refractivity contribution is -0.135. The molecule has 4 heteroatoms. The fourth-order valence-corrected chi connectivity index (χ4v) is 4.07. The lowest BCUT2D eigenvalue weighted by atomic mass is 9.94. The second-order valence-electron chi connectivity index (χ2n) is 8.95. The van der Waals surface area contributed by atoms with E-state index in [1.807, 2.05) is 37.3 Å². The largest absolute Gasteiger partial charge is 0.458 e. The van der Waals surface area contributed by atoms with E-state index < -0.39 is 5.97 Å². The molecule has 188 valence electrons. The molecule has 0 N–H and O–H groups in total. The smallest absolute Gasteiger partial charge is 0.338 e. The van der Waals surface area contributed by atoms with Crippen molar-refractivity contribution < 1.29 is 18.7 Å². The van der Waals surface area contributed by atoms with Crippen LogP contribution in [0, 0.1) is 5.82 Å². The Morgan fingerprint density at radius 3 is 1.94 bits per heavy atom. The van der Waals surface area contributed by atoms with Gasteiger partial charge in [-0.2, -0.15) is 0 Å². The second kappa shape index (κ2) is 11.9. The lowest BCUT2D eigenvalue weighted by Gasteiger charge is -2.15. The molecule has 0 bridgehead atoms. The number of ether oxygens (including phenoxy) is 2. The fraction of sp³-hybridized carbons (Fsp3) is 0.281. The van der Waals surface area contributed by atoms with Crippen molar-refractivity contribution in [2.75, 3.05) is 0 Å². The maximum Gasteiger partial charge on any atom is 0.338 e. The molecule has 0 unspecified atom stereocenters. The third-order valence-corrected chi connectivity index (χ3v) is 6.38. The number of carbonyl (C=O) groups excluding carboxylic acids is 1. The standard InChI is InChI=1S/C32H35FO3/c1-8-23-11-12-26(17-24(23)9-2)27-13-15-29(30(33)19-27)28-14-16-31(25(10-3)18-28)35-21(6)22(7)36-32(34)20(4)5/h11-19H,4,8-10H2,1-3,5-7H3/b22-21+. The zero-order valence-corrected chi connectivity index (χ0v) is 22.1. The minimum Gasteiger partial charge on any atom is -0.458 e. The molecule has 0 saturated heterocycles. The van der Waals surface area contributed by atoms with Crippen molar-refractivity contribution in [3.63, 3.8) is 0 Å². The highest BCUT2D eigenvalue weighted by atomic mass is 19.1. The summed E-state index contributed by atoms with van der Waals surface area (Å²) in [6, 6.07) is 17.4. The van der Waals surface area contributed by atoms with Gasteiger partial charge in [0.2, 0.25) is 0 Å². The first-order valence-corrected chi connectivity index (χ1v) is 12.5. The first-order chi connectivity index (χ1) is 17.2. The number of hydrogen-bond acceptors (Lipinski definition) is 3. The van der Waals surface area contributed by atoms with Crippen molar-refractivity contribution in [1.82, 2.24) is 0 Å². The summed E-state index contributed by atoms with van der Waals surface area (Å²) in [4.78, 5) is 11.8. The van der Waals surface area contributed by atoms with Gasteiger partial charge in [-0.1, -0.05) is 63.7 Å². The molecule has 0 aromatic heterocycles. The van der Waals surface area contributed by atoms with E-state index in [1.54, 1.807) is 26.8 Å². The molecule has 0 radical (unpaired) electrons. The van der Waals surface area contributed by atoms with E-state index in [9.17, 15) is 4.79 Å². The van der Waals surface area contributed by atoms with Crippen molar-refractivity contribution in [2.45, 2.75) is 60.8 Å². The average Bonchev–Trinajstić information content (AvgIpc) is 2.88. The minimum absolute atomic E-state index is 0.264. The van der Waals surface area contributed by atoms with Gasteiger partial charge in [0.05, 0.1) is 0 Å². The van der Waals surface area contributed by atoms with E-state index in [0.717, 1.165) is 35.1 Å². The number of esters is 1. The molecule has 0 amide bonds. The van der Waals surface area contributed by atoms with Crippen LogP contribution >= 0.6 is 0 Å². The van der Waals surface area contributed by atoms with Crippen LogP contribution in [0.1, 0.15) is 58.2 Å². The van der Waals surface area contributed by atoms with Crippen molar-refractivity contribution in [1.29, 1.82) is 0 Å². The van der Waals surface area contributed by atoms with Crippen molar-refractivity contribution >= 4 is 5.97 Å². The Labute approximate surface area is 214 Å². The molecule has 0 heterocycles. The van der Waals surface area contributed by atoms with Gasteiger partial charge < -0.3 is 9.47 Å². The van der Waals surface area contributed by atoms with Crippen LogP contribution in [0.2, 0.25) is 0 Å². The van der Waals surface area contributed by atoms with Gasteiger partial charge in [0.15, 0.2) is 0 Å². The molecular formula is C32H35FO3. The van der Waals surface area contributed by atoms with Gasteiger partial charge in [0.25, 0.3) is 0 Å². The topological polar surface area (TPSA) is 35.5 Å². The predicted molar refractivity (Wildman–Crippen MR) is 145 cm³/mol. The zero-order valence-electron chi connectivity index (χ0n) is 22.1. The Bertz CT molecular complexity index is 1320. The molecule has 0 aliphatic carbocycles. The normalized spacial score (nSPS) is 11.6. The first kappa shape index (κ1) is 26.9. The van der Waals surface area contributed by atoms with Crippen molar-refractivity contribution in [2.24, 2.45) is 0 Å². The Hall–Kier alpha value is -3.66. The second-order valence-corrected chi connectivity index (χ2v) is 8.95. The molecule has 3 aromatic carbocycles. The van der Waals surface area contributed by atoms with Crippen LogP contribution in [-0.4, -0.2) is 5.97 Å². The molecule has 0 saturated carbocycles. The van der Waals surface area contributed by atoms with Crippen LogP contribution in [0.3, 0.4) is 0 Å². The van der Waals surface area contributed by atoms with Crippen LogP contribution in [0.4, 0.5) is 4.39 Å². The SMILES string of the molecule is C=C(C)C(=O)O/C(C)=C(\C)Oc1ccc(-c2ccc(-c3ccc(CC)c(CC)c3)cc2F)cc1CC. The number of halogens is 1. The molecule has 36 heavy (non-hydrogen) atoms. The molecular weight excluding hydrogens is 451 g/mol. The summed E-state index contributed by atoms with van der Waals surface area (Å²) < 4.78 is 26.6. The Balaban J connectivity index is 1.88. The highest BCUT2D eigenvalue weighted by Gasteiger charge is 2.14. The van der Waals surface area contributed by atoms with Crippen LogP contribution < -0.4 is 4.74 Å². The Morgan fingerprint density at radius 1 is 0.750 bits per heavy atom. The number of benzene rings is 3. The number of rotatable bonds is 9. The average molecular weight is 487 g/mol. The van der Waals surface area contributed by atoms with Gasteiger partial charge in [-0.05, 0) is 91.6 Å². The number of allylic oxidation sites excluding steroid dienone is 2. The minimum atomic E-state index is -0.493. The quantitative estimate of drug-likeness (QED) is 0.173. The highest BCUT2D eigenvalue weighted by Crippen LogP contribution is 2.33. The third kappa shape index (κ3) is 6.12. The van der Waals surface area contributed by atoms with Gasteiger partial charge in [0, 0.05) is 11.1 Å². The first-order valence-electron chi connectivity index (χ1n) is 12.5. The van der Waals surface area contributed by atoms with Crippen molar-refractivity contribution in [3.8, 4) is 28.0 Å². The van der Waals surface area contributed by atoms with E-state index in [1.165, 1.54) is 11.1 Å². The number of aryl methyl sites for hydroxylation is 3. The zero-order chi connectivity index (χ0) is 26.4. The van der Waals surface area contributed by atoms with Crippen LogP contribution in [-0.2, 0) is 28.8 Å². The number of carbonyl (C=O) groups is 1. The lowest BCUT2D eigenvalue weighted by Crippen LogP contribution is -2.07. The summed E-state index contributed by atoms with van der Waals surface area (Å²) in [7, 11) is 0. The molecule has 0 aliphatic rings. The maximum absolute atomic E-state index is 15.3. The summed E-state index contributed by atoms with van der Waals surface area (Å²) in [6.45, 7) is 14.9. The summed E-state index contributed by atoms with van der Waals surface area (Å²) >= 11 is 0. The van der Waals surface area contributed by atoms with E-state index in [4.69, 9.17) is 9.47 Å². The van der Waals surface area contributed by atoms with E-state index in [0.29, 0.717) is 34.8 Å². The van der Waals surface area contributed by atoms with Crippen LogP contribution in [0.15, 0.2) is 78.3 Å². The molecule has 3 rings (SSSR count). The van der Waals surface area contributed by atoms with Gasteiger partial charge in [-0.15, -0.1) is 0 Å². The predicted octanol–water partition coefficient (Wildman–Crippen LogP) is 8.60. The van der Waals surface area contributed by atoms with E-state index >= 15 is 4.39 Å². The van der Waals surface area contributed by atoms with E-state index in [-0.39, 0.29) is 5.82 Å². The molecule has 0 fully saturated rings. The fourth-order valence-electron chi connectivity index (χ4n) is 4.07. The summed E-state index contributed by atoms with van der Waals surface area (Å²) in [5.74, 6) is 0.730. The van der Waals surface area contributed by atoms with Crippen LogP contribution in [0.25, 0.3) is 22.3 Å².